The summed E-state index contributed by atoms with van der Waals surface area (Å²) in [6, 6.07) is 27.3. The zero-order chi connectivity index (χ0) is 44.5. The number of azo groups is 3. The summed E-state index contributed by atoms with van der Waals surface area (Å²) in [5.41, 5.74) is 12.3. The molecule has 20 nitrogen and oxygen atoms in total. The van der Waals surface area contributed by atoms with Crippen LogP contribution >= 0.6 is 0 Å². The fraction of sp³-hybridized carbons (Fsp3) is 0. The molecule has 0 atom stereocenters. The summed E-state index contributed by atoms with van der Waals surface area (Å²) in [4.78, 5) is 21.8. The fourth-order valence-corrected chi connectivity index (χ4v) is 7.30. The van der Waals surface area contributed by atoms with Gasteiger partial charge in [-0.25, -0.2) is 0 Å². The molecule has 65 heavy (non-hydrogen) atoms. The molecule has 7 aromatic carbocycles. The minimum Gasteiger partial charge on any atom is -0.871 e. The molecule has 25 heteroatoms. The van der Waals surface area contributed by atoms with Crippen LogP contribution in [0.4, 0.5) is 51.2 Å². The number of carboxylic acid groups (broad SMARTS) is 1. The van der Waals surface area contributed by atoms with Crippen molar-refractivity contribution in [3.8, 4) is 22.6 Å². The third-order valence-corrected chi connectivity index (χ3v) is 10.7. The molecule has 312 valence electrons. The zero-order valence-electron chi connectivity index (χ0n) is 34.2. The van der Waals surface area contributed by atoms with Gasteiger partial charge >= 0.3 is 88.7 Å². The van der Waals surface area contributed by atoms with Gasteiger partial charge in [0.1, 0.15) is 21.4 Å². The van der Waals surface area contributed by atoms with Crippen molar-refractivity contribution >= 4 is 105 Å². The van der Waals surface area contributed by atoms with Crippen LogP contribution in [-0.2, 0) is 29.8 Å². The zero-order valence-corrected chi connectivity index (χ0v) is 41.8. The Morgan fingerprint density at radius 3 is 1.34 bits per heavy atom. The van der Waals surface area contributed by atoms with Gasteiger partial charge in [-0.1, -0.05) is 47.9 Å². The predicted octanol–water partition coefficient (Wildman–Crippen LogP) is -2.59. The van der Waals surface area contributed by atoms with Gasteiger partial charge in [0.2, 0.25) is 0 Å². The quantitative estimate of drug-likeness (QED) is 0.0310. The number of aliphatic carboxylic acids is 1. The maximum atomic E-state index is 13.2. The Balaban J connectivity index is 0.00000308. The number of nitrogen functional groups attached to an aromatic ring is 2. The van der Waals surface area contributed by atoms with Gasteiger partial charge in [-0.3, -0.25) is 13.9 Å². The summed E-state index contributed by atoms with van der Waals surface area (Å²) in [5, 5.41) is 64.0. The summed E-state index contributed by atoms with van der Waals surface area (Å²) in [7, 11) is -9.81. The van der Waals surface area contributed by atoms with E-state index in [0.29, 0.717) is 16.8 Å². The van der Waals surface area contributed by atoms with Crippen molar-refractivity contribution < 1.29 is 140 Å². The molecule has 7 aromatic rings. The Bertz CT molecular complexity index is 3320. The van der Waals surface area contributed by atoms with Gasteiger partial charge in [0.25, 0.3) is 26.1 Å². The number of benzene rings is 7. The monoisotopic (exact) mass is 941 g/mol. The largest absolute Gasteiger partial charge is 1.00 e. The molecular formula is C40H26N9Na3O11S2. The molecule has 0 saturated heterocycles. The molecule has 0 saturated carbocycles. The van der Waals surface area contributed by atoms with Gasteiger partial charge < -0.3 is 36.9 Å². The first kappa shape index (κ1) is 52.4. The van der Waals surface area contributed by atoms with Crippen LogP contribution in [0.1, 0.15) is 0 Å². The van der Waals surface area contributed by atoms with Gasteiger partial charge in [0.05, 0.1) is 34.1 Å². The number of fused-ring (bicyclic) bond motifs is 2. The smallest absolute Gasteiger partial charge is 0.871 e. The average Bonchev–Trinajstić information content (AvgIpc) is 3.22. The van der Waals surface area contributed by atoms with E-state index in [0.717, 1.165) is 18.2 Å². The summed E-state index contributed by atoms with van der Waals surface area (Å²) in [6.07, 6.45) is 0. The number of carboxylic acids is 1. The van der Waals surface area contributed by atoms with E-state index >= 15 is 0 Å². The van der Waals surface area contributed by atoms with E-state index in [4.69, 9.17) is 11.5 Å². The Labute approximate surface area is 435 Å². The maximum absolute atomic E-state index is 13.2. The number of carbonyl (C=O) groups excluding carboxylic acids is 2. The van der Waals surface area contributed by atoms with E-state index in [2.05, 4.69) is 36.0 Å². The molecule has 0 aliphatic carbocycles. The van der Waals surface area contributed by atoms with E-state index in [-0.39, 0.29) is 144 Å². The van der Waals surface area contributed by atoms with Crippen molar-refractivity contribution in [2.45, 2.75) is 9.79 Å². The number of nitrogens with two attached hydrogens (primary N) is 2. The number of anilines is 3. The molecule has 0 spiro atoms. The van der Waals surface area contributed by atoms with Gasteiger partial charge in [0.15, 0.2) is 0 Å². The third-order valence-electron chi connectivity index (χ3n) is 8.96. The Kier molecular flexibility index (Phi) is 17.3. The first-order valence-electron chi connectivity index (χ1n) is 17.5. The summed E-state index contributed by atoms with van der Waals surface area (Å²) in [5.74, 6) is -5.32. The van der Waals surface area contributed by atoms with Crippen molar-refractivity contribution in [2.75, 3.05) is 16.8 Å². The number of nitrogens with zero attached hydrogens (tertiary/aromatic N) is 6. The van der Waals surface area contributed by atoms with Crippen LogP contribution in [0.2, 0.25) is 0 Å². The molecule has 0 aliphatic rings. The first-order chi connectivity index (χ1) is 29.3. The second-order valence-electron chi connectivity index (χ2n) is 13.2. The molecule has 0 heterocycles. The average molecular weight is 942 g/mol. The van der Waals surface area contributed by atoms with Gasteiger partial charge in [-0.15, -0.1) is 15.3 Å². The standard InChI is InChI=1S/C40H29N9O11S2.3Na/c41-24-7-1-22-15-33(61(55,56)57)35(37(50)29(22)17-24)48-45-27-11-5-21(6-12-27)20-3-9-26(10-4-20)44-47-31-14-13-28(19-32(31)43-39(52)40(53)54)46-49-36-34(62(58,59)60)16-23-2-8-25(42)18-30(23)38(36)51;;;/h1-19,50-51H,41-42H2,(H,43,52)(H,53,54)(H,55,56,57)(H,58,59,60);;;/q;3*+1/p-3. The molecule has 1 amide bonds. The maximum Gasteiger partial charge on any atom is 1.00 e. The molecule has 0 aromatic heterocycles. The number of amides is 1. The normalized spacial score (nSPS) is 11.7. The van der Waals surface area contributed by atoms with Crippen molar-refractivity contribution in [3.63, 3.8) is 0 Å². The molecule has 0 aliphatic heterocycles. The van der Waals surface area contributed by atoms with Crippen LogP contribution in [0, 0.1) is 0 Å². The van der Waals surface area contributed by atoms with Crippen LogP contribution in [0.25, 0.3) is 32.7 Å². The molecule has 0 fully saturated rings. The summed E-state index contributed by atoms with van der Waals surface area (Å²) < 4.78 is 68.1. The van der Waals surface area contributed by atoms with Crippen LogP contribution < -0.4 is 121 Å². The van der Waals surface area contributed by atoms with Crippen LogP contribution in [0.15, 0.2) is 156 Å². The molecular weight excluding hydrogens is 916 g/mol. The Hall–Kier alpha value is -5.18. The van der Waals surface area contributed by atoms with E-state index in [1.807, 2.05) is 0 Å². The number of rotatable bonds is 10. The Morgan fingerprint density at radius 1 is 0.523 bits per heavy atom. The minimum atomic E-state index is -4.96. The van der Waals surface area contributed by atoms with Crippen LogP contribution in [-0.4, -0.2) is 37.8 Å². The second-order valence-corrected chi connectivity index (χ2v) is 15.9. The van der Waals surface area contributed by atoms with Gasteiger partial charge in [0, 0.05) is 11.4 Å². The summed E-state index contributed by atoms with van der Waals surface area (Å²) in [6.45, 7) is 0. The molecule has 0 radical (unpaired) electrons. The minimum absolute atomic E-state index is 0. The predicted molar refractivity (Wildman–Crippen MR) is 220 cm³/mol. The van der Waals surface area contributed by atoms with Gasteiger partial charge in [-0.2, -0.15) is 32.2 Å². The van der Waals surface area contributed by atoms with Crippen LogP contribution in [0.5, 0.6) is 11.5 Å². The van der Waals surface area contributed by atoms with Crippen molar-refractivity contribution in [3.05, 3.63) is 115 Å². The molecule has 0 unspecified atom stereocenters. The van der Waals surface area contributed by atoms with E-state index in [9.17, 15) is 50.8 Å². The molecule has 7 N–H and O–H groups in total. The molecule has 0 bridgehead atoms. The van der Waals surface area contributed by atoms with E-state index in [1.165, 1.54) is 48.5 Å². The number of hydrogen-bond acceptors (Lipinski definition) is 17. The van der Waals surface area contributed by atoms with E-state index < -0.39 is 64.8 Å². The van der Waals surface area contributed by atoms with Crippen molar-refractivity contribution in [1.29, 1.82) is 0 Å². The number of nitrogens with one attached hydrogen (secondary N) is 1. The van der Waals surface area contributed by atoms with Crippen LogP contribution in [0.3, 0.4) is 0 Å². The van der Waals surface area contributed by atoms with Crippen molar-refractivity contribution in [1.82, 2.24) is 0 Å². The summed E-state index contributed by atoms with van der Waals surface area (Å²) >= 11 is 0. The topological polar surface area (TPSA) is 350 Å². The Morgan fingerprint density at radius 2 is 0.923 bits per heavy atom. The van der Waals surface area contributed by atoms with E-state index in [1.54, 1.807) is 48.5 Å². The fourth-order valence-electron chi connectivity index (χ4n) is 5.99. The first-order valence-corrected chi connectivity index (χ1v) is 20.4. The SMILES string of the molecule is Nc1ccc2cc(S(=O)(=O)O)c(N=Nc3ccc(-c4ccc(N=Nc5ccc(N=Nc6c(S(=O)(=O)O)cc7ccc(N)cc7c6[O-])cc5NC(=O)C(=O)[O-])cc4)cc3)c([O-])c2c1.[Na+].[Na+].[Na+]. The number of hydrogen-bond donors (Lipinski definition) is 5. The van der Waals surface area contributed by atoms with Gasteiger partial charge in [-0.05, 0) is 112 Å². The third kappa shape index (κ3) is 12.2. The van der Waals surface area contributed by atoms with Crippen molar-refractivity contribution in [2.24, 2.45) is 30.7 Å². The second kappa shape index (κ2) is 21.4. The number of carbonyl (C=O) groups is 2. The molecule has 7 rings (SSSR count).